The van der Waals surface area contributed by atoms with E-state index in [4.69, 9.17) is 11.6 Å². The lowest BCUT2D eigenvalue weighted by atomic mass is 10.4. The molecule has 0 radical (unpaired) electrons. The second kappa shape index (κ2) is 4.75. The number of carbonyl (C=O) groups excluding carboxylic acids is 2. The van der Waals surface area contributed by atoms with Crippen molar-refractivity contribution in [3.05, 3.63) is 23.4 Å². The summed E-state index contributed by atoms with van der Waals surface area (Å²) in [5.41, 5.74) is 0. The highest BCUT2D eigenvalue weighted by molar-refractivity contribution is 6.37. The smallest absolute Gasteiger partial charge is 0.397 e. The largest absolute Gasteiger partial charge is 0.462 e. The van der Waals surface area contributed by atoms with Gasteiger partial charge in [0.25, 0.3) is 0 Å². The van der Waals surface area contributed by atoms with Gasteiger partial charge in [-0.3, -0.25) is 9.69 Å². The lowest BCUT2D eigenvalue weighted by Crippen LogP contribution is -2.34. The van der Waals surface area contributed by atoms with Crippen LogP contribution in [0.5, 0.6) is 0 Å². The Kier molecular flexibility index (Phi) is 3.62. The van der Waals surface area contributed by atoms with Crippen molar-refractivity contribution in [1.82, 2.24) is 4.98 Å². The Bertz CT molecular complexity index is 377. The molecule has 0 atom stereocenters. The van der Waals surface area contributed by atoms with Crippen LogP contribution in [0, 0.1) is 0 Å². The van der Waals surface area contributed by atoms with E-state index in [1.54, 1.807) is 6.07 Å². The van der Waals surface area contributed by atoms with Crippen molar-refractivity contribution < 1.29 is 14.3 Å². The van der Waals surface area contributed by atoms with Crippen LogP contribution in [0.1, 0.15) is 0 Å². The molecular formula is C9H9ClN2O3. The summed E-state index contributed by atoms with van der Waals surface area (Å²) in [7, 11) is 2.57. The zero-order valence-electron chi connectivity index (χ0n) is 8.23. The third-order valence-electron chi connectivity index (χ3n) is 1.72. The van der Waals surface area contributed by atoms with E-state index in [2.05, 4.69) is 9.72 Å². The lowest BCUT2D eigenvalue weighted by Gasteiger charge is -2.13. The monoisotopic (exact) mass is 228 g/mol. The average molecular weight is 229 g/mol. The summed E-state index contributed by atoms with van der Waals surface area (Å²) in [5.74, 6) is -1.39. The van der Waals surface area contributed by atoms with Gasteiger partial charge < -0.3 is 4.74 Å². The first-order chi connectivity index (χ1) is 7.06. The van der Waals surface area contributed by atoms with Gasteiger partial charge in [-0.1, -0.05) is 11.6 Å². The van der Waals surface area contributed by atoms with Gasteiger partial charge in [0, 0.05) is 13.2 Å². The Morgan fingerprint density at radius 2 is 2.13 bits per heavy atom. The van der Waals surface area contributed by atoms with Crippen molar-refractivity contribution in [2.24, 2.45) is 0 Å². The number of hydrogen-bond donors (Lipinski definition) is 0. The molecule has 0 aromatic carbocycles. The molecule has 0 saturated carbocycles. The molecule has 1 aromatic heterocycles. The number of nitrogens with zero attached hydrogens (tertiary/aromatic N) is 2. The first-order valence-corrected chi connectivity index (χ1v) is 4.41. The van der Waals surface area contributed by atoms with Gasteiger partial charge in [-0.2, -0.15) is 0 Å². The maximum Gasteiger partial charge on any atom is 0.397 e. The van der Waals surface area contributed by atoms with Crippen molar-refractivity contribution in [3.63, 3.8) is 0 Å². The van der Waals surface area contributed by atoms with Crippen LogP contribution in [0.15, 0.2) is 18.3 Å². The second-order valence-corrected chi connectivity index (χ2v) is 3.13. The van der Waals surface area contributed by atoms with Crippen molar-refractivity contribution in [2.45, 2.75) is 0 Å². The predicted molar refractivity (Wildman–Crippen MR) is 54.7 cm³/mol. The van der Waals surface area contributed by atoms with Crippen LogP contribution in [0.4, 0.5) is 5.82 Å². The fourth-order valence-electron chi connectivity index (χ4n) is 0.895. The van der Waals surface area contributed by atoms with Crippen LogP contribution in [0.3, 0.4) is 0 Å². The van der Waals surface area contributed by atoms with E-state index >= 15 is 0 Å². The summed E-state index contributed by atoms with van der Waals surface area (Å²) in [4.78, 5) is 27.2. The van der Waals surface area contributed by atoms with E-state index in [9.17, 15) is 9.59 Å². The molecule has 1 amide bonds. The molecule has 80 valence electrons. The molecule has 0 aliphatic carbocycles. The average Bonchev–Trinajstić information content (AvgIpc) is 2.27. The number of hydrogen-bond acceptors (Lipinski definition) is 4. The molecule has 6 heteroatoms. The molecule has 0 saturated heterocycles. The first-order valence-electron chi connectivity index (χ1n) is 4.04. The number of amides is 1. The topological polar surface area (TPSA) is 59.5 Å². The molecule has 0 unspecified atom stereocenters. The maximum absolute atomic E-state index is 11.3. The number of ether oxygens (including phenoxy) is 1. The van der Waals surface area contributed by atoms with Gasteiger partial charge in [0.2, 0.25) is 0 Å². The van der Waals surface area contributed by atoms with Gasteiger partial charge in [0.15, 0.2) is 0 Å². The summed E-state index contributed by atoms with van der Waals surface area (Å²) in [6.45, 7) is 0. The minimum Gasteiger partial charge on any atom is -0.462 e. The van der Waals surface area contributed by atoms with E-state index in [0.717, 1.165) is 12.0 Å². The number of rotatable bonds is 1. The highest BCUT2D eigenvalue weighted by Gasteiger charge is 2.20. The van der Waals surface area contributed by atoms with E-state index in [1.807, 2.05) is 0 Å². The van der Waals surface area contributed by atoms with Crippen molar-refractivity contribution in [1.29, 1.82) is 0 Å². The van der Waals surface area contributed by atoms with Crippen molar-refractivity contribution >= 4 is 29.3 Å². The SMILES string of the molecule is COC(=O)C(=O)N(C)c1ccc(Cl)cn1. The number of halogens is 1. The number of pyridine rings is 1. The first kappa shape index (κ1) is 11.5. The predicted octanol–water partition coefficient (Wildman–Crippen LogP) is 0.871. The number of likely N-dealkylation sites (N-methyl/N-ethyl adjacent to an activating group) is 1. The van der Waals surface area contributed by atoms with Crippen molar-refractivity contribution in [3.8, 4) is 0 Å². The van der Waals surface area contributed by atoms with Crippen LogP contribution in [0.2, 0.25) is 5.02 Å². The Hall–Kier alpha value is -1.62. The van der Waals surface area contributed by atoms with Crippen LogP contribution in [-0.4, -0.2) is 31.0 Å². The Morgan fingerprint density at radius 3 is 2.60 bits per heavy atom. The molecule has 0 fully saturated rings. The molecule has 1 heterocycles. The van der Waals surface area contributed by atoms with E-state index in [1.165, 1.54) is 19.3 Å². The molecular weight excluding hydrogens is 220 g/mol. The third-order valence-corrected chi connectivity index (χ3v) is 1.94. The van der Waals surface area contributed by atoms with Crippen LogP contribution in [0.25, 0.3) is 0 Å². The Balaban J connectivity index is 2.85. The molecule has 15 heavy (non-hydrogen) atoms. The molecule has 0 aliphatic rings. The number of methoxy groups -OCH3 is 1. The van der Waals surface area contributed by atoms with Crippen molar-refractivity contribution in [2.75, 3.05) is 19.1 Å². The zero-order valence-corrected chi connectivity index (χ0v) is 8.99. The Morgan fingerprint density at radius 1 is 1.47 bits per heavy atom. The number of aromatic nitrogens is 1. The highest BCUT2D eigenvalue weighted by Crippen LogP contribution is 2.12. The molecule has 0 spiro atoms. The van der Waals surface area contributed by atoms with Gasteiger partial charge >= 0.3 is 11.9 Å². The fraction of sp³-hybridized carbons (Fsp3) is 0.222. The van der Waals surface area contributed by atoms with Gasteiger partial charge in [0.05, 0.1) is 12.1 Å². The second-order valence-electron chi connectivity index (χ2n) is 2.69. The van der Waals surface area contributed by atoms with Crippen LogP contribution < -0.4 is 4.90 Å². The number of carbonyl (C=O) groups is 2. The summed E-state index contributed by atoms with van der Waals surface area (Å²) < 4.78 is 4.29. The number of anilines is 1. The standard InChI is InChI=1S/C9H9ClN2O3/c1-12(8(13)9(14)15-2)7-4-3-6(10)5-11-7/h3-5H,1-2H3. The molecule has 0 aliphatic heterocycles. The summed E-state index contributed by atoms with van der Waals surface area (Å²) in [5, 5.41) is 0.456. The van der Waals surface area contributed by atoms with Crippen LogP contribution in [-0.2, 0) is 14.3 Å². The van der Waals surface area contributed by atoms with Gasteiger partial charge in [-0.25, -0.2) is 9.78 Å². The minimum absolute atomic E-state index is 0.329. The van der Waals surface area contributed by atoms with E-state index in [-0.39, 0.29) is 0 Å². The van der Waals surface area contributed by atoms with Gasteiger partial charge in [0.1, 0.15) is 5.82 Å². The third kappa shape index (κ3) is 2.66. The number of esters is 1. The van der Waals surface area contributed by atoms with Crippen LogP contribution >= 0.6 is 11.6 Å². The van der Waals surface area contributed by atoms with Gasteiger partial charge in [-0.15, -0.1) is 0 Å². The van der Waals surface area contributed by atoms with E-state index < -0.39 is 11.9 Å². The quantitative estimate of drug-likeness (QED) is 0.529. The summed E-state index contributed by atoms with van der Waals surface area (Å²) in [6.07, 6.45) is 1.39. The summed E-state index contributed by atoms with van der Waals surface area (Å²) in [6, 6.07) is 3.11. The summed E-state index contributed by atoms with van der Waals surface area (Å²) >= 11 is 5.63. The lowest BCUT2D eigenvalue weighted by molar-refractivity contribution is -0.151. The molecule has 5 nitrogen and oxygen atoms in total. The zero-order chi connectivity index (χ0) is 11.4. The highest BCUT2D eigenvalue weighted by atomic mass is 35.5. The van der Waals surface area contributed by atoms with Gasteiger partial charge in [-0.05, 0) is 12.1 Å². The normalized spacial score (nSPS) is 9.53. The molecule has 1 aromatic rings. The maximum atomic E-state index is 11.3. The molecule has 0 N–H and O–H groups in total. The Labute approximate surface area is 91.6 Å². The molecule has 1 rings (SSSR count). The fourth-order valence-corrected chi connectivity index (χ4v) is 1.01. The molecule has 0 bridgehead atoms. The van der Waals surface area contributed by atoms with E-state index in [0.29, 0.717) is 10.8 Å². The minimum atomic E-state index is -0.936.